The maximum absolute atomic E-state index is 12.5. The molecule has 0 aliphatic carbocycles. The summed E-state index contributed by atoms with van der Waals surface area (Å²) in [6, 6.07) is 19.0. The van der Waals surface area contributed by atoms with Gasteiger partial charge < -0.3 is 14.2 Å². The molecule has 0 aliphatic rings. The van der Waals surface area contributed by atoms with Crippen LogP contribution in [-0.4, -0.2) is 19.7 Å². The van der Waals surface area contributed by atoms with E-state index in [1.54, 1.807) is 73.8 Å². The van der Waals surface area contributed by atoms with Crippen LogP contribution in [0.1, 0.15) is 55.8 Å². The van der Waals surface area contributed by atoms with Crippen LogP contribution in [0.25, 0.3) is 0 Å². The molecule has 3 rings (SSSR count). The number of methoxy groups -OCH3 is 1. The quantitative estimate of drug-likeness (QED) is 0.103. The summed E-state index contributed by atoms with van der Waals surface area (Å²) in [5.41, 5.74) is 1.63. The van der Waals surface area contributed by atoms with E-state index in [2.05, 4.69) is 17.2 Å². The molecule has 184 valence electrons. The number of carbonyl (C=O) groups is 1. The summed E-state index contributed by atoms with van der Waals surface area (Å²) in [7, 11) is 1.61. The molecule has 0 fully saturated rings. The van der Waals surface area contributed by atoms with E-state index in [-0.39, 0.29) is 10.8 Å². The molecule has 6 nitrogen and oxygen atoms in total. The number of nitrogens with zero attached hydrogens (tertiary/aromatic N) is 2. The van der Waals surface area contributed by atoms with Gasteiger partial charge in [0.15, 0.2) is 0 Å². The minimum absolute atomic E-state index is 0.253. The highest BCUT2D eigenvalue weighted by molar-refractivity contribution is 6.32. The van der Waals surface area contributed by atoms with E-state index in [1.165, 1.54) is 32.1 Å². The number of azo groups is 1. The molecule has 3 aromatic carbocycles. The van der Waals surface area contributed by atoms with Crippen molar-refractivity contribution in [3.05, 3.63) is 77.3 Å². The Morgan fingerprint density at radius 3 is 2.11 bits per heavy atom. The van der Waals surface area contributed by atoms with Crippen molar-refractivity contribution in [2.24, 2.45) is 10.2 Å². The highest BCUT2D eigenvalue weighted by atomic mass is 35.5. The first-order chi connectivity index (χ1) is 17.1. The van der Waals surface area contributed by atoms with Crippen molar-refractivity contribution in [1.29, 1.82) is 0 Å². The lowest BCUT2D eigenvalue weighted by Crippen LogP contribution is -2.08. The first-order valence-corrected chi connectivity index (χ1v) is 12.3. The van der Waals surface area contributed by atoms with Crippen LogP contribution >= 0.6 is 11.6 Å². The van der Waals surface area contributed by atoms with Crippen LogP contribution < -0.4 is 14.2 Å². The number of rotatable bonds is 13. The standard InChI is InChI=1S/C28H31ClN2O4/c1-3-4-5-6-7-8-19-34-25-14-9-21(10-15-25)28(32)35-27-18-13-23(20-26(27)29)31-30-22-11-16-24(33-2)17-12-22/h9-18,20H,3-8,19H2,1-2H3. The Kier molecular flexibility index (Phi) is 10.6. The number of hydrogen-bond acceptors (Lipinski definition) is 6. The number of hydrogen-bond donors (Lipinski definition) is 0. The molecule has 0 saturated heterocycles. The van der Waals surface area contributed by atoms with Crippen LogP contribution in [0.15, 0.2) is 77.0 Å². The molecular formula is C28H31ClN2O4. The van der Waals surface area contributed by atoms with Gasteiger partial charge >= 0.3 is 5.97 Å². The maximum atomic E-state index is 12.5. The Bertz CT molecular complexity index is 1100. The average Bonchev–Trinajstić information content (AvgIpc) is 2.89. The zero-order valence-corrected chi connectivity index (χ0v) is 21.0. The van der Waals surface area contributed by atoms with Crippen molar-refractivity contribution in [2.75, 3.05) is 13.7 Å². The summed E-state index contributed by atoms with van der Waals surface area (Å²) in [6.07, 6.45) is 7.28. The topological polar surface area (TPSA) is 69.5 Å². The second kappa shape index (κ2) is 14.1. The smallest absolute Gasteiger partial charge is 0.343 e. The van der Waals surface area contributed by atoms with E-state index in [4.69, 9.17) is 25.8 Å². The van der Waals surface area contributed by atoms with Crippen LogP contribution in [0, 0.1) is 0 Å². The number of carbonyl (C=O) groups excluding carboxylic acids is 1. The highest BCUT2D eigenvalue weighted by Gasteiger charge is 2.12. The summed E-state index contributed by atoms with van der Waals surface area (Å²) >= 11 is 6.30. The lowest BCUT2D eigenvalue weighted by Gasteiger charge is -2.09. The lowest BCUT2D eigenvalue weighted by molar-refractivity contribution is 0.0735. The summed E-state index contributed by atoms with van der Waals surface area (Å²) < 4.78 is 16.4. The van der Waals surface area contributed by atoms with E-state index < -0.39 is 5.97 Å². The second-order valence-corrected chi connectivity index (χ2v) is 8.45. The van der Waals surface area contributed by atoms with Crippen molar-refractivity contribution < 1.29 is 19.0 Å². The highest BCUT2D eigenvalue weighted by Crippen LogP contribution is 2.31. The molecule has 0 spiro atoms. The van der Waals surface area contributed by atoms with E-state index in [0.717, 1.165) is 17.9 Å². The third-order valence-electron chi connectivity index (χ3n) is 5.33. The minimum atomic E-state index is -0.498. The van der Waals surface area contributed by atoms with Gasteiger partial charge in [-0.1, -0.05) is 50.6 Å². The molecule has 0 atom stereocenters. The largest absolute Gasteiger partial charge is 0.497 e. The molecular weight excluding hydrogens is 464 g/mol. The van der Waals surface area contributed by atoms with Crippen molar-refractivity contribution in [3.63, 3.8) is 0 Å². The van der Waals surface area contributed by atoms with Crippen LogP contribution in [-0.2, 0) is 0 Å². The fourth-order valence-corrected chi connectivity index (χ4v) is 3.53. The number of unbranched alkanes of at least 4 members (excludes halogenated alkanes) is 5. The van der Waals surface area contributed by atoms with E-state index in [0.29, 0.717) is 23.5 Å². The average molecular weight is 495 g/mol. The molecule has 7 heteroatoms. The maximum Gasteiger partial charge on any atom is 0.343 e. The summed E-state index contributed by atoms with van der Waals surface area (Å²) in [5.74, 6) is 1.23. The van der Waals surface area contributed by atoms with Gasteiger partial charge in [-0.25, -0.2) is 4.79 Å². The lowest BCUT2D eigenvalue weighted by atomic mass is 10.1. The Hall–Kier alpha value is -3.38. The summed E-state index contributed by atoms with van der Waals surface area (Å²) in [5, 5.41) is 8.62. The van der Waals surface area contributed by atoms with E-state index in [9.17, 15) is 4.79 Å². The third-order valence-corrected chi connectivity index (χ3v) is 5.62. The molecule has 0 heterocycles. The fraction of sp³-hybridized carbons (Fsp3) is 0.321. The van der Waals surface area contributed by atoms with Crippen LogP contribution in [0.3, 0.4) is 0 Å². The molecule has 0 amide bonds. The van der Waals surface area contributed by atoms with Gasteiger partial charge in [0, 0.05) is 0 Å². The van der Waals surface area contributed by atoms with Gasteiger partial charge in [0.2, 0.25) is 0 Å². The van der Waals surface area contributed by atoms with E-state index in [1.807, 2.05) is 0 Å². The number of esters is 1. The van der Waals surface area contributed by atoms with Gasteiger partial charge in [-0.3, -0.25) is 0 Å². The van der Waals surface area contributed by atoms with Crippen molar-refractivity contribution in [2.45, 2.75) is 45.4 Å². The number of halogens is 1. The predicted molar refractivity (Wildman–Crippen MR) is 139 cm³/mol. The van der Waals surface area contributed by atoms with Gasteiger partial charge in [0.05, 0.1) is 35.7 Å². The molecule has 0 aliphatic heterocycles. The van der Waals surface area contributed by atoms with Gasteiger partial charge in [0.1, 0.15) is 17.2 Å². The van der Waals surface area contributed by atoms with Crippen LogP contribution in [0.5, 0.6) is 17.2 Å². The molecule has 0 radical (unpaired) electrons. The molecule has 0 aromatic heterocycles. The van der Waals surface area contributed by atoms with Crippen molar-refractivity contribution in [3.8, 4) is 17.2 Å². The normalized spacial score (nSPS) is 10.9. The van der Waals surface area contributed by atoms with E-state index >= 15 is 0 Å². The SMILES string of the molecule is CCCCCCCCOc1ccc(C(=O)Oc2ccc(N=Nc3ccc(OC)cc3)cc2Cl)cc1. The zero-order valence-electron chi connectivity index (χ0n) is 20.2. The first kappa shape index (κ1) is 26.2. The molecule has 0 unspecified atom stereocenters. The monoisotopic (exact) mass is 494 g/mol. The minimum Gasteiger partial charge on any atom is -0.497 e. The molecule has 0 N–H and O–H groups in total. The molecule has 0 saturated carbocycles. The molecule has 35 heavy (non-hydrogen) atoms. The van der Waals surface area contributed by atoms with Crippen LogP contribution in [0.4, 0.5) is 11.4 Å². The molecule has 0 bridgehead atoms. The van der Waals surface area contributed by atoms with Gasteiger partial charge in [-0.2, -0.15) is 10.2 Å². The summed E-state index contributed by atoms with van der Waals surface area (Å²) in [6.45, 7) is 2.89. The Labute approximate surface area is 211 Å². The Balaban J connectivity index is 1.49. The first-order valence-electron chi connectivity index (χ1n) is 11.9. The zero-order chi connectivity index (χ0) is 24.9. The third kappa shape index (κ3) is 8.72. The summed E-state index contributed by atoms with van der Waals surface area (Å²) in [4.78, 5) is 12.5. The predicted octanol–water partition coefficient (Wildman–Crippen LogP) is 8.72. The molecule has 3 aromatic rings. The fourth-order valence-electron chi connectivity index (χ4n) is 3.32. The Morgan fingerprint density at radius 1 is 0.800 bits per heavy atom. The Morgan fingerprint density at radius 2 is 1.43 bits per heavy atom. The number of benzene rings is 3. The van der Waals surface area contributed by atoms with Gasteiger partial charge in [-0.15, -0.1) is 0 Å². The van der Waals surface area contributed by atoms with Gasteiger partial charge in [0.25, 0.3) is 0 Å². The number of ether oxygens (including phenoxy) is 3. The van der Waals surface area contributed by atoms with Crippen molar-refractivity contribution >= 4 is 28.9 Å². The second-order valence-electron chi connectivity index (χ2n) is 8.04. The van der Waals surface area contributed by atoms with Crippen LogP contribution in [0.2, 0.25) is 5.02 Å². The van der Waals surface area contributed by atoms with Crippen molar-refractivity contribution in [1.82, 2.24) is 0 Å². The van der Waals surface area contributed by atoms with Gasteiger partial charge in [-0.05, 0) is 73.2 Å².